The molecule has 2 heterocycles. The van der Waals surface area contributed by atoms with E-state index in [1.807, 2.05) is 37.3 Å². The molecule has 2 amide bonds. The van der Waals surface area contributed by atoms with E-state index in [0.717, 1.165) is 29.7 Å². The molecule has 1 aliphatic heterocycles. The third-order valence-electron chi connectivity index (χ3n) is 5.28. The molecule has 1 aromatic heterocycles. The quantitative estimate of drug-likeness (QED) is 0.776. The summed E-state index contributed by atoms with van der Waals surface area (Å²) in [6, 6.07) is 9.09. The summed E-state index contributed by atoms with van der Waals surface area (Å²) >= 11 is 0. The predicted molar refractivity (Wildman–Crippen MR) is 108 cm³/mol. The van der Waals surface area contributed by atoms with Crippen molar-refractivity contribution in [1.29, 1.82) is 0 Å². The second-order valence-corrected chi connectivity index (χ2v) is 7.44. The minimum Gasteiger partial charge on any atom is -0.486 e. The number of benzene rings is 1. The summed E-state index contributed by atoms with van der Waals surface area (Å²) in [5.74, 6) is 2.06. The van der Waals surface area contributed by atoms with Gasteiger partial charge in [-0.15, -0.1) is 0 Å². The molecule has 1 aromatic carbocycles. The molecule has 154 valence electrons. The predicted octanol–water partition coefficient (Wildman–Crippen LogP) is 3.73. The number of hydrogen-bond donors (Lipinski definition) is 2. The highest BCUT2D eigenvalue weighted by Gasteiger charge is 2.19. The van der Waals surface area contributed by atoms with Gasteiger partial charge in [0.05, 0.1) is 6.04 Å². The Balaban J connectivity index is 1.32. The van der Waals surface area contributed by atoms with Crippen molar-refractivity contribution in [3.05, 3.63) is 47.7 Å². The molecule has 0 unspecified atom stereocenters. The summed E-state index contributed by atoms with van der Waals surface area (Å²) in [7, 11) is 0. The summed E-state index contributed by atoms with van der Waals surface area (Å²) in [6.45, 7) is 3.39. The zero-order valence-electron chi connectivity index (χ0n) is 16.6. The van der Waals surface area contributed by atoms with E-state index in [4.69, 9.17) is 14.2 Å². The monoisotopic (exact) mass is 397 g/mol. The Hall–Kier alpha value is -2.96. The molecule has 2 aliphatic rings. The Morgan fingerprint density at radius 3 is 2.83 bits per heavy atom. The Morgan fingerprint density at radius 2 is 2.00 bits per heavy atom. The molecule has 0 spiro atoms. The highest BCUT2D eigenvalue weighted by molar-refractivity contribution is 5.74. The molecular formula is C22H27N3O4. The molecule has 2 N–H and O–H groups in total. The van der Waals surface area contributed by atoms with Crippen LogP contribution in [0.2, 0.25) is 0 Å². The number of nitrogens with zero attached hydrogens (tertiary/aromatic N) is 1. The fraction of sp³-hybridized carbons (Fsp3) is 0.455. The van der Waals surface area contributed by atoms with Crippen molar-refractivity contribution in [2.75, 3.05) is 13.2 Å². The number of amides is 2. The molecule has 0 radical (unpaired) electrons. The van der Waals surface area contributed by atoms with Gasteiger partial charge in [0, 0.05) is 18.3 Å². The van der Waals surface area contributed by atoms with Crippen molar-refractivity contribution in [2.45, 2.75) is 51.3 Å². The van der Waals surface area contributed by atoms with Gasteiger partial charge in [0.25, 0.3) is 0 Å². The van der Waals surface area contributed by atoms with Crippen LogP contribution in [0.4, 0.5) is 4.79 Å². The average Bonchev–Trinajstić information content (AvgIpc) is 3.26. The van der Waals surface area contributed by atoms with Crippen LogP contribution in [0.5, 0.6) is 17.4 Å². The lowest BCUT2D eigenvalue weighted by atomic mass is 10.1. The van der Waals surface area contributed by atoms with Crippen LogP contribution in [0, 0.1) is 0 Å². The van der Waals surface area contributed by atoms with Crippen LogP contribution in [-0.4, -0.2) is 30.3 Å². The number of ether oxygens (including phenoxy) is 3. The van der Waals surface area contributed by atoms with Crippen LogP contribution in [-0.2, 0) is 6.54 Å². The van der Waals surface area contributed by atoms with Crippen LogP contribution in [0.1, 0.15) is 49.8 Å². The van der Waals surface area contributed by atoms with Crippen LogP contribution in [0.15, 0.2) is 36.5 Å². The Morgan fingerprint density at radius 1 is 1.21 bits per heavy atom. The molecule has 4 rings (SSSR count). The second-order valence-electron chi connectivity index (χ2n) is 7.44. The molecule has 1 atom stereocenters. The number of nitrogens with one attached hydrogen (secondary N) is 2. The molecule has 0 bridgehead atoms. The smallest absolute Gasteiger partial charge is 0.315 e. The maximum Gasteiger partial charge on any atom is 0.315 e. The SMILES string of the molecule is C[C@@H](NC(=O)NCc1cccnc1OC1CCCC1)c1ccc2c(c1)OCCO2. The first-order valence-corrected chi connectivity index (χ1v) is 10.2. The van der Waals surface area contributed by atoms with Crippen molar-refractivity contribution < 1.29 is 19.0 Å². The first kappa shape index (κ1) is 19.4. The normalized spacial score (nSPS) is 16.9. The minimum absolute atomic E-state index is 0.172. The van der Waals surface area contributed by atoms with Gasteiger partial charge in [-0.05, 0) is 56.4 Å². The molecule has 7 nitrogen and oxygen atoms in total. The van der Waals surface area contributed by atoms with E-state index in [-0.39, 0.29) is 18.2 Å². The molecule has 29 heavy (non-hydrogen) atoms. The lowest BCUT2D eigenvalue weighted by Crippen LogP contribution is -2.36. The maximum atomic E-state index is 12.4. The van der Waals surface area contributed by atoms with Crippen LogP contribution in [0.3, 0.4) is 0 Å². The minimum atomic E-state index is -0.247. The number of carbonyl (C=O) groups is 1. The van der Waals surface area contributed by atoms with Gasteiger partial charge in [-0.2, -0.15) is 0 Å². The molecule has 1 aliphatic carbocycles. The molecule has 1 fully saturated rings. The van der Waals surface area contributed by atoms with E-state index in [1.165, 1.54) is 12.8 Å². The van der Waals surface area contributed by atoms with Gasteiger partial charge in [-0.3, -0.25) is 0 Å². The van der Waals surface area contributed by atoms with Gasteiger partial charge < -0.3 is 24.8 Å². The van der Waals surface area contributed by atoms with Crippen molar-refractivity contribution in [3.8, 4) is 17.4 Å². The van der Waals surface area contributed by atoms with E-state index < -0.39 is 0 Å². The van der Waals surface area contributed by atoms with Crippen LogP contribution in [0.25, 0.3) is 0 Å². The number of carbonyl (C=O) groups excluding carboxylic acids is 1. The first-order chi connectivity index (χ1) is 14.2. The lowest BCUT2D eigenvalue weighted by molar-refractivity contribution is 0.171. The summed E-state index contributed by atoms with van der Waals surface area (Å²) in [5.41, 5.74) is 1.83. The third-order valence-corrected chi connectivity index (χ3v) is 5.28. The van der Waals surface area contributed by atoms with Gasteiger partial charge >= 0.3 is 6.03 Å². The van der Waals surface area contributed by atoms with Gasteiger partial charge in [0.1, 0.15) is 19.3 Å². The maximum absolute atomic E-state index is 12.4. The van der Waals surface area contributed by atoms with E-state index in [1.54, 1.807) is 6.20 Å². The topological polar surface area (TPSA) is 81.7 Å². The molecule has 1 saturated carbocycles. The van der Waals surface area contributed by atoms with E-state index in [2.05, 4.69) is 15.6 Å². The Labute approximate surface area is 170 Å². The zero-order valence-corrected chi connectivity index (χ0v) is 16.6. The summed E-state index contributed by atoms with van der Waals surface area (Å²) in [4.78, 5) is 16.8. The fourth-order valence-electron chi connectivity index (χ4n) is 3.66. The van der Waals surface area contributed by atoms with Gasteiger partial charge in [0.15, 0.2) is 11.5 Å². The van der Waals surface area contributed by atoms with Gasteiger partial charge in [-0.1, -0.05) is 12.1 Å². The first-order valence-electron chi connectivity index (χ1n) is 10.2. The number of urea groups is 1. The number of aromatic nitrogens is 1. The zero-order chi connectivity index (χ0) is 20.1. The number of rotatable bonds is 6. The number of hydrogen-bond acceptors (Lipinski definition) is 5. The van der Waals surface area contributed by atoms with Crippen molar-refractivity contribution in [3.63, 3.8) is 0 Å². The van der Waals surface area contributed by atoms with Crippen molar-refractivity contribution >= 4 is 6.03 Å². The molecule has 0 saturated heterocycles. The van der Waals surface area contributed by atoms with Crippen LogP contribution >= 0.6 is 0 Å². The number of pyridine rings is 1. The average molecular weight is 397 g/mol. The highest BCUT2D eigenvalue weighted by Crippen LogP contribution is 2.32. The van der Waals surface area contributed by atoms with E-state index >= 15 is 0 Å². The molecular weight excluding hydrogens is 370 g/mol. The Bertz CT molecular complexity index is 852. The van der Waals surface area contributed by atoms with Crippen molar-refractivity contribution in [2.24, 2.45) is 0 Å². The summed E-state index contributed by atoms with van der Waals surface area (Å²) < 4.78 is 17.2. The molecule has 2 aromatic rings. The second kappa shape index (κ2) is 9.03. The Kier molecular flexibility index (Phi) is 6.03. The van der Waals surface area contributed by atoms with Crippen molar-refractivity contribution in [1.82, 2.24) is 15.6 Å². The van der Waals surface area contributed by atoms with E-state index in [0.29, 0.717) is 31.4 Å². The fourth-order valence-corrected chi connectivity index (χ4v) is 3.66. The number of fused-ring (bicyclic) bond motifs is 1. The largest absolute Gasteiger partial charge is 0.486 e. The lowest BCUT2D eigenvalue weighted by Gasteiger charge is -2.21. The standard InChI is InChI=1S/C22H27N3O4/c1-15(16-8-9-19-20(13-16)28-12-11-27-19)25-22(26)24-14-17-5-4-10-23-21(17)29-18-6-2-3-7-18/h4-5,8-10,13,15,18H,2-3,6-7,11-12,14H2,1H3,(H2,24,25,26)/t15-/m1/s1. The van der Waals surface area contributed by atoms with E-state index in [9.17, 15) is 4.79 Å². The third kappa shape index (κ3) is 4.91. The van der Waals surface area contributed by atoms with Crippen LogP contribution < -0.4 is 24.8 Å². The summed E-state index contributed by atoms with van der Waals surface area (Å²) in [5, 5.41) is 5.86. The van der Waals surface area contributed by atoms with Gasteiger partial charge in [0.2, 0.25) is 5.88 Å². The summed E-state index contributed by atoms with van der Waals surface area (Å²) in [6.07, 6.45) is 6.48. The highest BCUT2D eigenvalue weighted by atomic mass is 16.6. The molecule has 7 heteroatoms. The van der Waals surface area contributed by atoms with Gasteiger partial charge in [-0.25, -0.2) is 9.78 Å².